The van der Waals surface area contributed by atoms with Crippen LogP contribution in [-0.4, -0.2) is 51.2 Å². The van der Waals surface area contributed by atoms with Crippen molar-refractivity contribution in [2.24, 2.45) is 5.10 Å². The van der Waals surface area contributed by atoms with Crippen molar-refractivity contribution < 1.29 is 23.1 Å². The molecule has 0 atom stereocenters. The Morgan fingerprint density at radius 1 is 1.24 bits per heavy atom. The number of carboxylic acid groups (broad SMARTS) is 1. The number of carbonyl (C=O) groups is 1. The van der Waals surface area contributed by atoms with Gasteiger partial charge in [0.25, 0.3) is 0 Å². The average Bonchev–Trinajstić information content (AvgIpc) is 2.67. The average molecular weight is 441 g/mol. The summed E-state index contributed by atoms with van der Waals surface area (Å²) in [6.45, 7) is 1.65. The molecule has 0 saturated carbocycles. The molecule has 2 rings (SSSR count). The largest absolute Gasteiger partial charge is 0.495 e. The summed E-state index contributed by atoms with van der Waals surface area (Å²) >= 11 is 6.04. The van der Waals surface area contributed by atoms with Crippen LogP contribution >= 0.6 is 11.6 Å². The monoisotopic (exact) mass is 440 g/mol. The molecule has 156 valence electrons. The van der Waals surface area contributed by atoms with Crippen LogP contribution < -0.4 is 15.3 Å². The third kappa shape index (κ3) is 4.97. The molecule has 11 heteroatoms. The number of rotatable bonds is 8. The first-order valence-electron chi connectivity index (χ1n) is 8.30. The first kappa shape index (κ1) is 22.5. The van der Waals surface area contributed by atoms with Crippen molar-refractivity contribution in [1.29, 1.82) is 0 Å². The van der Waals surface area contributed by atoms with Gasteiger partial charge in [-0.3, -0.25) is 5.43 Å². The number of hydrogen-bond donors (Lipinski definition) is 2. The standard InChI is InChI=1S/C18H21ClN4O5S/c1-5-20-23(21-15-10-12(19)6-9-17(15)28-4)16-8-7-13(11-14(16)18(24)25)29(26,27)22(2)3/h5-11,21H,1-4H3,(H,24,25)/b20-5+. The number of sulfonamides is 1. The van der Waals surface area contributed by atoms with Crippen LogP contribution in [0.15, 0.2) is 46.4 Å². The molecule has 0 aromatic heterocycles. The van der Waals surface area contributed by atoms with Gasteiger partial charge in [0.2, 0.25) is 10.0 Å². The van der Waals surface area contributed by atoms with Gasteiger partial charge in [-0.25, -0.2) is 17.5 Å². The van der Waals surface area contributed by atoms with E-state index in [0.717, 1.165) is 10.4 Å². The number of benzene rings is 2. The molecular formula is C18H21ClN4O5S. The fourth-order valence-electron chi connectivity index (χ4n) is 2.39. The maximum absolute atomic E-state index is 12.4. The van der Waals surface area contributed by atoms with E-state index in [0.29, 0.717) is 16.5 Å². The van der Waals surface area contributed by atoms with Crippen LogP contribution in [0.4, 0.5) is 11.4 Å². The van der Waals surface area contributed by atoms with Crippen molar-refractivity contribution in [3.63, 3.8) is 0 Å². The summed E-state index contributed by atoms with van der Waals surface area (Å²) in [4.78, 5) is 11.7. The zero-order valence-electron chi connectivity index (χ0n) is 16.2. The highest BCUT2D eigenvalue weighted by Gasteiger charge is 2.23. The number of nitrogens with zero attached hydrogens (tertiary/aromatic N) is 3. The second-order valence-corrected chi connectivity index (χ2v) is 8.50. The van der Waals surface area contributed by atoms with Gasteiger partial charge in [-0.05, 0) is 43.3 Å². The summed E-state index contributed by atoms with van der Waals surface area (Å²) in [6, 6.07) is 8.63. The van der Waals surface area contributed by atoms with Crippen LogP contribution in [0, 0.1) is 0 Å². The van der Waals surface area contributed by atoms with Gasteiger partial charge >= 0.3 is 5.97 Å². The maximum atomic E-state index is 12.4. The lowest BCUT2D eigenvalue weighted by Gasteiger charge is -2.24. The topological polar surface area (TPSA) is 112 Å². The lowest BCUT2D eigenvalue weighted by Crippen LogP contribution is -2.27. The molecule has 0 aliphatic carbocycles. The third-order valence-corrected chi connectivity index (χ3v) is 5.87. The highest BCUT2D eigenvalue weighted by molar-refractivity contribution is 7.89. The van der Waals surface area contributed by atoms with E-state index in [1.807, 2.05) is 0 Å². The van der Waals surface area contributed by atoms with Crippen molar-refractivity contribution in [3.05, 3.63) is 47.0 Å². The van der Waals surface area contributed by atoms with E-state index in [2.05, 4.69) is 10.5 Å². The molecule has 0 fully saturated rings. The van der Waals surface area contributed by atoms with Gasteiger partial charge in [-0.1, -0.05) is 11.6 Å². The molecule has 0 radical (unpaired) electrons. The SMILES string of the molecule is C/C=N/N(Nc1cc(Cl)ccc1OC)c1ccc(S(=O)(=O)N(C)C)cc1C(=O)O. The van der Waals surface area contributed by atoms with Crippen LogP contribution in [0.25, 0.3) is 0 Å². The van der Waals surface area contributed by atoms with Crippen LogP contribution in [0.3, 0.4) is 0 Å². The molecule has 0 unspecified atom stereocenters. The molecule has 0 amide bonds. The van der Waals surface area contributed by atoms with E-state index in [9.17, 15) is 18.3 Å². The maximum Gasteiger partial charge on any atom is 0.338 e. The molecule has 0 heterocycles. The number of carboxylic acids is 1. The number of ether oxygens (including phenoxy) is 1. The zero-order chi connectivity index (χ0) is 21.8. The van der Waals surface area contributed by atoms with E-state index < -0.39 is 16.0 Å². The van der Waals surface area contributed by atoms with E-state index in [-0.39, 0.29) is 16.1 Å². The molecule has 2 aromatic rings. The molecular weight excluding hydrogens is 420 g/mol. The molecule has 2 N–H and O–H groups in total. The van der Waals surface area contributed by atoms with E-state index in [1.165, 1.54) is 44.7 Å². The van der Waals surface area contributed by atoms with Gasteiger partial charge in [0.05, 0.1) is 28.9 Å². The zero-order valence-corrected chi connectivity index (χ0v) is 17.8. The van der Waals surface area contributed by atoms with E-state index in [4.69, 9.17) is 16.3 Å². The first-order chi connectivity index (χ1) is 13.6. The van der Waals surface area contributed by atoms with Gasteiger partial charge in [-0.15, -0.1) is 0 Å². The normalized spacial score (nSPS) is 11.7. The molecule has 29 heavy (non-hydrogen) atoms. The summed E-state index contributed by atoms with van der Waals surface area (Å²) < 4.78 is 31.0. The van der Waals surface area contributed by atoms with Crippen molar-refractivity contribution in [2.75, 3.05) is 31.7 Å². The quantitative estimate of drug-likeness (QED) is 0.479. The van der Waals surface area contributed by atoms with Crippen molar-refractivity contribution in [1.82, 2.24) is 4.31 Å². The van der Waals surface area contributed by atoms with Crippen LogP contribution in [0.1, 0.15) is 17.3 Å². The Balaban J connectivity index is 2.59. The van der Waals surface area contributed by atoms with E-state index in [1.54, 1.807) is 25.1 Å². The number of hydrazone groups is 1. The second-order valence-electron chi connectivity index (χ2n) is 5.91. The van der Waals surface area contributed by atoms with Crippen LogP contribution in [-0.2, 0) is 10.0 Å². The Labute approximate surface area is 174 Å². The minimum absolute atomic E-state index is 0.121. The Kier molecular flexibility index (Phi) is 7.07. The number of aromatic carboxylic acids is 1. The Bertz CT molecular complexity index is 1040. The number of anilines is 2. The third-order valence-electron chi connectivity index (χ3n) is 3.82. The number of methoxy groups -OCH3 is 1. The fourth-order valence-corrected chi connectivity index (χ4v) is 3.49. The first-order valence-corrected chi connectivity index (χ1v) is 10.1. The number of hydrogen-bond acceptors (Lipinski definition) is 7. The van der Waals surface area contributed by atoms with Crippen LogP contribution in [0.5, 0.6) is 5.75 Å². The molecule has 0 spiro atoms. The number of hydrazine groups is 1. The lowest BCUT2D eigenvalue weighted by atomic mass is 10.2. The van der Waals surface area contributed by atoms with Crippen LogP contribution in [0.2, 0.25) is 5.02 Å². The summed E-state index contributed by atoms with van der Waals surface area (Å²) in [5.74, 6) is -0.860. The predicted octanol–water partition coefficient (Wildman–Crippen LogP) is 3.14. The summed E-state index contributed by atoms with van der Waals surface area (Å²) in [5.41, 5.74) is 3.24. The smallest absolute Gasteiger partial charge is 0.338 e. The number of halogens is 1. The molecule has 0 bridgehead atoms. The summed E-state index contributed by atoms with van der Waals surface area (Å²) in [5, 5.41) is 15.4. The molecule has 2 aromatic carbocycles. The summed E-state index contributed by atoms with van der Waals surface area (Å²) in [6.07, 6.45) is 1.44. The van der Waals surface area contributed by atoms with E-state index >= 15 is 0 Å². The number of nitrogens with one attached hydrogen (secondary N) is 1. The van der Waals surface area contributed by atoms with Gasteiger partial charge in [-0.2, -0.15) is 10.2 Å². The minimum atomic E-state index is -3.81. The molecule has 0 saturated heterocycles. The Morgan fingerprint density at radius 2 is 1.93 bits per heavy atom. The van der Waals surface area contributed by atoms with Gasteiger partial charge in [0.1, 0.15) is 5.75 Å². The highest BCUT2D eigenvalue weighted by atomic mass is 35.5. The van der Waals surface area contributed by atoms with Gasteiger partial charge < -0.3 is 9.84 Å². The molecule has 0 aliphatic heterocycles. The highest BCUT2D eigenvalue weighted by Crippen LogP contribution is 2.31. The van der Waals surface area contributed by atoms with Gasteiger partial charge in [0.15, 0.2) is 0 Å². The van der Waals surface area contributed by atoms with Crippen molar-refractivity contribution >= 4 is 45.2 Å². The van der Waals surface area contributed by atoms with Crippen molar-refractivity contribution in [3.8, 4) is 5.75 Å². The summed E-state index contributed by atoms with van der Waals surface area (Å²) in [7, 11) is 0.401. The fraction of sp³-hybridized carbons (Fsp3) is 0.222. The lowest BCUT2D eigenvalue weighted by molar-refractivity contribution is 0.0697. The van der Waals surface area contributed by atoms with Crippen molar-refractivity contribution in [2.45, 2.75) is 11.8 Å². The minimum Gasteiger partial charge on any atom is -0.495 e. The molecule has 9 nitrogen and oxygen atoms in total. The van der Waals surface area contributed by atoms with Gasteiger partial charge in [0, 0.05) is 25.3 Å². The Morgan fingerprint density at radius 3 is 2.48 bits per heavy atom. The molecule has 0 aliphatic rings. The Hall–Kier alpha value is -2.82. The second kappa shape index (κ2) is 9.12. The predicted molar refractivity (Wildman–Crippen MR) is 113 cm³/mol.